The van der Waals surface area contributed by atoms with Crippen molar-refractivity contribution in [3.05, 3.63) is 0 Å². The van der Waals surface area contributed by atoms with E-state index in [1.54, 1.807) is 0 Å². The van der Waals surface area contributed by atoms with Crippen LogP contribution in [0, 0.1) is 0 Å². The first-order chi connectivity index (χ1) is 7.29. The van der Waals surface area contributed by atoms with Gasteiger partial charge in [0, 0.05) is 32.2 Å². The van der Waals surface area contributed by atoms with Gasteiger partial charge in [0.25, 0.3) is 0 Å². The van der Waals surface area contributed by atoms with Crippen LogP contribution in [0.3, 0.4) is 0 Å². The Morgan fingerprint density at radius 1 is 1.20 bits per heavy atom. The van der Waals surface area contributed by atoms with E-state index in [0.717, 1.165) is 39.3 Å². The third-order valence-electron chi connectivity index (χ3n) is 3.10. The van der Waals surface area contributed by atoms with Crippen molar-refractivity contribution < 1.29 is 0 Å². The van der Waals surface area contributed by atoms with E-state index < -0.39 is 0 Å². The first-order valence-corrected chi connectivity index (χ1v) is 6.06. The molecule has 1 fully saturated rings. The molecule has 15 heavy (non-hydrogen) atoms. The van der Waals surface area contributed by atoms with Crippen LogP contribution in [0.1, 0.15) is 20.3 Å². The van der Waals surface area contributed by atoms with Crippen LogP contribution in [-0.4, -0.2) is 61.1 Å². The standard InChI is InChI=1S/C11H22N4/c1-10(2)15-9-6-13-11(15)14-7-3-4-12-5-8-14/h10,12H,3-9H2,1-2H3. The highest BCUT2D eigenvalue weighted by atomic mass is 15.4. The van der Waals surface area contributed by atoms with Crippen LogP contribution >= 0.6 is 0 Å². The minimum absolute atomic E-state index is 0.572. The van der Waals surface area contributed by atoms with Gasteiger partial charge in [-0.3, -0.25) is 4.99 Å². The zero-order valence-electron chi connectivity index (χ0n) is 9.87. The lowest BCUT2D eigenvalue weighted by Crippen LogP contribution is -2.46. The molecule has 86 valence electrons. The fraction of sp³-hybridized carbons (Fsp3) is 0.909. The molecule has 2 heterocycles. The predicted molar refractivity (Wildman–Crippen MR) is 63.2 cm³/mol. The summed E-state index contributed by atoms with van der Waals surface area (Å²) >= 11 is 0. The maximum Gasteiger partial charge on any atom is 0.196 e. The van der Waals surface area contributed by atoms with E-state index in [0.29, 0.717) is 6.04 Å². The summed E-state index contributed by atoms with van der Waals surface area (Å²) in [5.41, 5.74) is 0. The van der Waals surface area contributed by atoms with Gasteiger partial charge in [0.05, 0.1) is 6.54 Å². The van der Waals surface area contributed by atoms with Crippen molar-refractivity contribution in [1.82, 2.24) is 15.1 Å². The van der Waals surface area contributed by atoms with Gasteiger partial charge in [-0.05, 0) is 26.8 Å². The fourth-order valence-corrected chi connectivity index (χ4v) is 2.27. The Balaban J connectivity index is 2.01. The summed E-state index contributed by atoms with van der Waals surface area (Å²) in [6.45, 7) is 11.0. The van der Waals surface area contributed by atoms with Gasteiger partial charge in [-0.25, -0.2) is 0 Å². The Bertz CT molecular complexity index is 229. The molecular formula is C11H22N4. The van der Waals surface area contributed by atoms with E-state index in [4.69, 9.17) is 0 Å². The molecule has 0 radical (unpaired) electrons. The molecule has 1 N–H and O–H groups in total. The van der Waals surface area contributed by atoms with E-state index in [-0.39, 0.29) is 0 Å². The van der Waals surface area contributed by atoms with Crippen molar-refractivity contribution >= 4 is 5.96 Å². The molecule has 2 rings (SSSR count). The number of hydrogen-bond acceptors (Lipinski definition) is 4. The summed E-state index contributed by atoms with van der Waals surface area (Å²) in [5, 5.41) is 3.43. The van der Waals surface area contributed by atoms with Gasteiger partial charge < -0.3 is 15.1 Å². The molecule has 4 heteroatoms. The summed E-state index contributed by atoms with van der Waals surface area (Å²) in [7, 11) is 0. The third kappa shape index (κ3) is 2.43. The lowest BCUT2D eigenvalue weighted by molar-refractivity contribution is 0.311. The molecule has 1 saturated heterocycles. The molecule has 0 saturated carbocycles. The van der Waals surface area contributed by atoms with Crippen LogP contribution in [0.2, 0.25) is 0 Å². The zero-order valence-corrected chi connectivity index (χ0v) is 9.87. The quantitative estimate of drug-likeness (QED) is 0.678. The Hall–Kier alpha value is -0.770. The van der Waals surface area contributed by atoms with E-state index in [1.807, 2.05) is 0 Å². The molecule has 0 unspecified atom stereocenters. The van der Waals surface area contributed by atoms with Crippen molar-refractivity contribution in [3.8, 4) is 0 Å². The smallest absolute Gasteiger partial charge is 0.196 e. The van der Waals surface area contributed by atoms with Gasteiger partial charge in [0.1, 0.15) is 0 Å². The van der Waals surface area contributed by atoms with Crippen LogP contribution < -0.4 is 5.32 Å². The van der Waals surface area contributed by atoms with E-state index in [9.17, 15) is 0 Å². The highest BCUT2D eigenvalue weighted by Crippen LogP contribution is 2.11. The van der Waals surface area contributed by atoms with Gasteiger partial charge in [-0.1, -0.05) is 0 Å². The third-order valence-corrected chi connectivity index (χ3v) is 3.10. The van der Waals surface area contributed by atoms with Crippen LogP contribution in [0.5, 0.6) is 0 Å². The first-order valence-electron chi connectivity index (χ1n) is 6.06. The Labute approximate surface area is 92.3 Å². The molecule has 2 aliphatic heterocycles. The van der Waals surface area contributed by atoms with Crippen molar-refractivity contribution in [3.63, 3.8) is 0 Å². The SMILES string of the molecule is CC(C)N1CCN=C1N1CCCNCC1. The summed E-state index contributed by atoms with van der Waals surface area (Å²) in [5.74, 6) is 1.23. The fourth-order valence-electron chi connectivity index (χ4n) is 2.27. The second kappa shape index (κ2) is 4.84. The number of nitrogens with zero attached hydrogens (tertiary/aromatic N) is 3. The lowest BCUT2D eigenvalue weighted by atomic mass is 10.3. The maximum absolute atomic E-state index is 4.64. The number of guanidine groups is 1. The predicted octanol–water partition coefficient (Wildman–Crippen LogP) is 0.362. The molecule has 0 spiro atoms. The Morgan fingerprint density at radius 3 is 2.87 bits per heavy atom. The number of nitrogens with one attached hydrogen (secondary N) is 1. The number of hydrogen-bond donors (Lipinski definition) is 1. The monoisotopic (exact) mass is 210 g/mol. The highest BCUT2D eigenvalue weighted by molar-refractivity contribution is 5.82. The summed E-state index contributed by atoms with van der Waals surface area (Å²) in [6.07, 6.45) is 1.23. The van der Waals surface area contributed by atoms with Crippen molar-refractivity contribution in [1.29, 1.82) is 0 Å². The van der Waals surface area contributed by atoms with Crippen molar-refractivity contribution in [2.75, 3.05) is 39.3 Å². The van der Waals surface area contributed by atoms with Crippen LogP contribution in [0.4, 0.5) is 0 Å². The van der Waals surface area contributed by atoms with Crippen LogP contribution in [0.25, 0.3) is 0 Å². The van der Waals surface area contributed by atoms with E-state index in [2.05, 4.69) is 34.0 Å². The lowest BCUT2D eigenvalue weighted by Gasteiger charge is -2.32. The zero-order chi connectivity index (χ0) is 10.7. The Morgan fingerprint density at radius 2 is 2.07 bits per heavy atom. The van der Waals surface area contributed by atoms with Gasteiger partial charge in [0.2, 0.25) is 0 Å². The van der Waals surface area contributed by atoms with E-state index in [1.165, 1.54) is 12.4 Å². The highest BCUT2D eigenvalue weighted by Gasteiger charge is 2.24. The molecule has 0 aromatic heterocycles. The molecule has 0 atom stereocenters. The van der Waals surface area contributed by atoms with Crippen molar-refractivity contribution in [2.24, 2.45) is 4.99 Å². The summed E-state index contributed by atoms with van der Waals surface area (Å²) < 4.78 is 0. The van der Waals surface area contributed by atoms with Gasteiger partial charge in [-0.15, -0.1) is 0 Å². The molecule has 0 aliphatic carbocycles. The number of aliphatic imine (C=N–C) groups is 1. The maximum atomic E-state index is 4.64. The summed E-state index contributed by atoms with van der Waals surface area (Å²) in [4.78, 5) is 9.50. The average molecular weight is 210 g/mol. The normalized spacial score (nSPS) is 23.3. The topological polar surface area (TPSA) is 30.9 Å². The average Bonchev–Trinajstić information content (AvgIpc) is 2.55. The molecule has 4 nitrogen and oxygen atoms in total. The molecule has 0 aromatic rings. The largest absolute Gasteiger partial charge is 0.342 e. The van der Waals surface area contributed by atoms with Gasteiger partial charge in [-0.2, -0.15) is 0 Å². The minimum atomic E-state index is 0.572. The second-order valence-electron chi connectivity index (χ2n) is 4.56. The van der Waals surface area contributed by atoms with Crippen LogP contribution in [-0.2, 0) is 0 Å². The van der Waals surface area contributed by atoms with E-state index >= 15 is 0 Å². The first kappa shape index (κ1) is 10.7. The Kier molecular flexibility index (Phi) is 3.46. The summed E-state index contributed by atoms with van der Waals surface area (Å²) in [6, 6.07) is 0.572. The molecule has 0 aromatic carbocycles. The molecular weight excluding hydrogens is 188 g/mol. The van der Waals surface area contributed by atoms with Crippen molar-refractivity contribution in [2.45, 2.75) is 26.3 Å². The second-order valence-corrected chi connectivity index (χ2v) is 4.56. The number of rotatable bonds is 1. The van der Waals surface area contributed by atoms with Crippen LogP contribution in [0.15, 0.2) is 4.99 Å². The van der Waals surface area contributed by atoms with Gasteiger partial charge in [0.15, 0.2) is 5.96 Å². The van der Waals surface area contributed by atoms with Gasteiger partial charge >= 0.3 is 0 Å². The molecule has 0 bridgehead atoms. The minimum Gasteiger partial charge on any atom is -0.342 e. The molecule has 0 amide bonds. The molecule has 2 aliphatic rings.